The zero-order valence-corrected chi connectivity index (χ0v) is 22.2. The molecule has 0 heterocycles. The summed E-state index contributed by atoms with van der Waals surface area (Å²) >= 11 is 3.30. The smallest absolute Gasteiger partial charge is 0.279 e. The molecule has 9 aliphatic carbocycles. The van der Waals surface area contributed by atoms with Crippen molar-refractivity contribution in [1.29, 1.82) is 0 Å². The van der Waals surface area contributed by atoms with Gasteiger partial charge in [-0.3, -0.25) is 9.59 Å². The van der Waals surface area contributed by atoms with Crippen LogP contribution < -0.4 is 10.6 Å². The van der Waals surface area contributed by atoms with E-state index in [1.165, 1.54) is 77.0 Å². The number of nitrogens with one attached hydrogen (secondary N) is 2. The SMILES string of the molecule is O=C(NC1CCCCC1NC(=O)SC12CC3CC(CC(C3)C1)C2)SC12CC3CC(CC(C3)C1)C2. The second kappa shape index (κ2) is 8.60. The summed E-state index contributed by atoms with van der Waals surface area (Å²) in [5, 5.41) is 7.18. The fourth-order valence-corrected chi connectivity index (χ4v) is 13.7. The van der Waals surface area contributed by atoms with Crippen LogP contribution in [-0.4, -0.2) is 32.1 Å². The summed E-state index contributed by atoms with van der Waals surface area (Å²) in [6.07, 6.45) is 20.3. The first-order valence-corrected chi connectivity index (χ1v) is 16.1. The third-order valence-corrected chi connectivity index (χ3v) is 13.4. The molecule has 2 atom stereocenters. The van der Waals surface area contributed by atoms with Gasteiger partial charge in [-0.1, -0.05) is 36.4 Å². The lowest BCUT2D eigenvalue weighted by Gasteiger charge is -2.56. The Labute approximate surface area is 213 Å². The molecule has 0 aromatic rings. The zero-order chi connectivity index (χ0) is 22.9. The number of carbonyl (C=O) groups excluding carboxylic acids is 2. The van der Waals surface area contributed by atoms with E-state index < -0.39 is 0 Å². The minimum atomic E-state index is 0.101. The molecule has 0 aromatic heterocycles. The van der Waals surface area contributed by atoms with Crippen LogP contribution in [0.2, 0.25) is 0 Å². The van der Waals surface area contributed by atoms with E-state index in [2.05, 4.69) is 10.6 Å². The van der Waals surface area contributed by atoms with E-state index in [4.69, 9.17) is 0 Å². The van der Waals surface area contributed by atoms with Gasteiger partial charge in [0.05, 0.1) is 0 Å². The highest BCUT2D eigenvalue weighted by atomic mass is 32.2. The molecular weight excluding hydrogens is 460 g/mol. The lowest BCUT2D eigenvalue weighted by atomic mass is 9.56. The summed E-state index contributed by atoms with van der Waals surface area (Å²) in [6, 6.07) is 0.201. The van der Waals surface area contributed by atoms with Gasteiger partial charge in [0.2, 0.25) is 0 Å². The number of hydrogen-bond acceptors (Lipinski definition) is 4. The van der Waals surface area contributed by atoms with Crippen LogP contribution in [0.4, 0.5) is 9.59 Å². The van der Waals surface area contributed by atoms with Crippen molar-refractivity contribution in [2.24, 2.45) is 35.5 Å². The van der Waals surface area contributed by atoms with Gasteiger partial charge in [-0.2, -0.15) is 0 Å². The molecule has 2 amide bonds. The van der Waals surface area contributed by atoms with Gasteiger partial charge >= 0.3 is 0 Å². The van der Waals surface area contributed by atoms with Crippen LogP contribution >= 0.6 is 23.5 Å². The third kappa shape index (κ3) is 4.35. The number of hydrogen-bond donors (Lipinski definition) is 2. The quantitative estimate of drug-likeness (QED) is 0.430. The van der Waals surface area contributed by atoms with Gasteiger partial charge in [0.25, 0.3) is 10.5 Å². The molecule has 34 heavy (non-hydrogen) atoms. The van der Waals surface area contributed by atoms with Gasteiger partial charge in [0, 0.05) is 21.6 Å². The first kappa shape index (κ1) is 22.8. The second-order valence-corrected chi connectivity index (χ2v) is 16.6. The van der Waals surface area contributed by atoms with Gasteiger partial charge in [-0.05, 0) is 125 Å². The third-order valence-electron chi connectivity index (χ3n) is 11.0. The Morgan fingerprint density at radius 3 is 1.12 bits per heavy atom. The van der Waals surface area contributed by atoms with Crippen molar-refractivity contribution >= 4 is 34.0 Å². The van der Waals surface area contributed by atoms with Crippen molar-refractivity contribution in [3.05, 3.63) is 0 Å². The van der Waals surface area contributed by atoms with Gasteiger partial charge in [-0.25, -0.2) is 0 Å². The number of thioether (sulfide) groups is 2. The van der Waals surface area contributed by atoms with E-state index in [9.17, 15) is 9.59 Å². The molecule has 9 rings (SSSR count). The van der Waals surface area contributed by atoms with Crippen LogP contribution in [0.5, 0.6) is 0 Å². The molecule has 2 unspecified atom stereocenters. The molecule has 188 valence electrons. The van der Waals surface area contributed by atoms with Crippen LogP contribution in [0.3, 0.4) is 0 Å². The largest absolute Gasteiger partial charge is 0.342 e. The summed E-state index contributed by atoms with van der Waals surface area (Å²) < 4.78 is 0.418. The van der Waals surface area contributed by atoms with Crippen molar-refractivity contribution in [3.63, 3.8) is 0 Å². The molecule has 6 heteroatoms. The zero-order valence-electron chi connectivity index (χ0n) is 20.6. The average molecular weight is 503 g/mol. The summed E-state index contributed by atoms with van der Waals surface area (Å²) in [7, 11) is 0. The normalized spacial score (nSPS) is 50.4. The predicted molar refractivity (Wildman–Crippen MR) is 140 cm³/mol. The topological polar surface area (TPSA) is 58.2 Å². The maximum atomic E-state index is 13.3. The van der Waals surface area contributed by atoms with Crippen molar-refractivity contribution in [2.45, 2.75) is 124 Å². The highest BCUT2D eigenvalue weighted by Gasteiger charge is 2.53. The Morgan fingerprint density at radius 1 is 0.529 bits per heavy atom. The van der Waals surface area contributed by atoms with E-state index >= 15 is 0 Å². The molecule has 8 bridgehead atoms. The number of rotatable bonds is 4. The Kier molecular flexibility index (Phi) is 5.77. The van der Waals surface area contributed by atoms with Crippen LogP contribution in [0.1, 0.15) is 103 Å². The first-order chi connectivity index (χ1) is 16.4. The van der Waals surface area contributed by atoms with Gasteiger partial charge in [0.15, 0.2) is 0 Å². The van der Waals surface area contributed by atoms with Gasteiger partial charge in [0.1, 0.15) is 0 Å². The van der Waals surface area contributed by atoms with Gasteiger partial charge < -0.3 is 10.6 Å². The lowest BCUT2D eigenvalue weighted by molar-refractivity contribution is 0.0384. The first-order valence-electron chi connectivity index (χ1n) is 14.4. The molecule has 0 radical (unpaired) electrons. The molecule has 2 N–H and O–H groups in total. The standard InChI is InChI=1S/C28H42N2O2S2/c31-25(33-27-11-17-5-18(12-27)7-19(6-17)13-27)29-23-3-1-2-4-24(23)30-26(32)34-28-14-20-8-21(15-28)10-22(9-20)16-28/h17-24H,1-16H2,(H,29,31)(H,30,32). The molecule has 9 saturated carbocycles. The summed E-state index contributed by atoms with van der Waals surface area (Å²) in [4.78, 5) is 26.5. The van der Waals surface area contributed by atoms with Crippen molar-refractivity contribution in [1.82, 2.24) is 10.6 Å². The Hall–Kier alpha value is -0.360. The minimum Gasteiger partial charge on any atom is -0.342 e. The molecule has 0 saturated heterocycles. The molecule has 0 aromatic carbocycles. The Bertz CT molecular complexity index is 706. The van der Waals surface area contributed by atoms with Crippen molar-refractivity contribution in [3.8, 4) is 0 Å². The van der Waals surface area contributed by atoms with E-state index in [-0.39, 0.29) is 32.1 Å². The monoisotopic (exact) mass is 502 g/mol. The molecule has 9 fully saturated rings. The highest BCUT2D eigenvalue weighted by molar-refractivity contribution is 8.15. The van der Waals surface area contributed by atoms with Gasteiger partial charge in [-0.15, -0.1) is 0 Å². The summed E-state index contributed by atoms with van der Waals surface area (Å²) in [5.41, 5.74) is 0. The maximum absolute atomic E-state index is 13.3. The molecule has 0 spiro atoms. The maximum Gasteiger partial charge on any atom is 0.279 e. The van der Waals surface area contributed by atoms with Crippen LogP contribution in [-0.2, 0) is 0 Å². The van der Waals surface area contributed by atoms with Crippen molar-refractivity contribution < 1.29 is 9.59 Å². The van der Waals surface area contributed by atoms with E-state index in [1.807, 2.05) is 0 Å². The van der Waals surface area contributed by atoms with E-state index in [0.29, 0.717) is 0 Å². The lowest BCUT2D eigenvalue weighted by Crippen LogP contribution is -2.54. The number of carbonyl (C=O) groups is 2. The summed E-state index contributed by atoms with van der Waals surface area (Å²) in [6.45, 7) is 0. The van der Waals surface area contributed by atoms with E-state index in [0.717, 1.165) is 61.2 Å². The fraction of sp³-hybridized carbons (Fsp3) is 0.929. The van der Waals surface area contributed by atoms with Crippen LogP contribution in [0, 0.1) is 35.5 Å². The molecule has 4 nitrogen and oxygen atoms in total. The second-order valence-electron chi connectivity index (χ2n) is 13.8. The fourth-order valence-electron chi connectivity index (χ4n) is 10.5. The summed E-state index contributed by atoms with van der Waals surface area (Å²) in [5.74, 6) is 5.22. The average Bonchev–Trinajstić information content (AvgIpc) is 2.72. The van der Waals surface area contributed by atoms with Crippen LogP contribution in [0.15, 0.2) is 0 Å². The minimum absolute atomic E-state index is 0.101. The molecule has 9 aliphatic rings. The van der Waals surface area contributed by atoms with Crippen LogP contribution in [0.25, 0.3) is 0 Å². The van der Waals surface area contributed by atoms with E-state index in [1.54, 1.807) is 23.5 Å². The number of amides is 2. The van der Waals surface area contributed by atoms with Crippen molar-refractivity contribution in [2.75, 3.05) is 0 Å². The Morgan fingerprint density at radius 2 is 0.824 bits per heavy atom. The molecule has 0 aliphatic heterocycles. The highest BCUT2D eigenvalue weighted by Crippen LogP contribution is 2.62. The molecular formula is C28H42N2O2S2. The predicted octanol–water partition coefficient (Wildman–Crippen LogP) is 7.12. The Balaban J connectivity index is 0.961.